The lowest BCUT2D eigenvalue weighted by molar-refractivity contribution is 0.110. The first-order valence-corrected chi connectivity index (χ1v) is 6.19. The van der Waals surface area contributed by atoms with Crippen LogP contribution >= 0.6 is 38.5 Å². The minimum absolute atomic E-state index is 0.185. The van der Waals surface area contributed by atoms with Crippen molar-refractivity contribution < 1.29 is 13.6 Å². The molecule has 0 saturated carbocycles. The number of furan rings is 1. The molecule has 82 valence electrons. The summed E-state index contributed by atoms with van der Waals surface area (Å²) in [4.78, 5) is 10.5. The summed E-state index contributed by atoms with van der Waals surface area (Å²) >= 11 is 5.13. The van der Waals surface area contributed by atoms with Crippen LogP contribution in [0.2, 0.25) is 0 Å². The van der Waals surface area contributed by atoms with Crippen LogP contribution in [0, 0.1) is 9.39 Å². The Bertz CT molecular complexity index is 551. The van der Waals surface area contributed by atoms with E-state index in [1.54, 1.807) is 18.2 Å². The molecule has 1 aromatic heterocycles. The lowest BCUT2D eigenvalue weighted by Gasteiger charge is -2.04. The zero-order chi connectivity index (χ0) is 11.7. The van der Waals surface area contributed by atoms with E-state index in [4.69, 9.17) is 4.42 Å². The smallest absolute Gasteiger partial charge is 0.185 e. The predicted molar refractivity (Wildman–Crippen MR) is 69.9 cm³/mol. The molecule has 0 bridgehead atoms. The van der Waals surface area contributed by atoms with E-state index in [2.05, 4.69) is 15.9 Å². The number of carbonyl (C=O) groups excluding carboxylic acids is 1. The third-order valence-electron chi connectivity index (χ3n) is 2.03. The van der Waals surface area contributed by atoms with Crippen LogP contribution in [0.1, 0.15) is 10.6 Å². The quantitative estimate of drug-likeness (QED) is 0.432. The van der Waals surface area contributed by atoms with Gasteiger partial charge in [0, 0.05) is 3.57 Å². The number of aldehydes is 1. The Morgan fingerprint density at radius 1 is 1.31 bits per heavy atom. The Hall–Kier alpha value is -0.690. The van der Waals surface area contributed by atoms with Crippen molar-refractivity contribution in [3.05, 3.63) is 43.9 Å². The molecule has 2 aromatic rings. The summed E-state index contributed by atoms with van der Waals surface area (Å²) in [6, 6.07) is 6.49. The van der Waals surface area contributed by atoms with E-state index in [1.165, 1.54) is 6.07 Å². The van der Waals surface area contributed by atoms with Gasteiger partial charge in [-0.1, -0.05) is 0 Å². The van der Waals surface area contributed by atoms with Crippen LogP contribution in [0.3, 0.4) is 0 Å². The van der Waals surface area contributed by atoms with Gasteiger partial charge in [-0.25, -0.2) is 4.39 Å². The van der Waals surface area contributed by atoms with Crippen molar-refractivity contribution in [2.45, 2.75) is 0 Å². The van der Waals surface area contributed by atoms with E-state index >= 15 is 0 Å². The highest BCUT2D eigenvalue weighted by Gasteiger charge is 2.15. The van der Waals surface area contributed by atoms with Gasteiger partial charge in [0.2, 0.25) is 0 Å². The van der Waals surface area contributed by atoms with Crippen LogP contribution in [0.25, 0.3) is 11.3 Å². The van der Waals surface area contributed by atoms with Gasteiger partial charge in [0.1, 0.15) is 11.6 Å². The molecule has 1 heterocycles. The molecule has 0 unspecified atom stereocenters. The van der Waals surface area contributed by atoms with Gasteiger partial charge in [-0.15, -0.1) is 0 Å². The molecular weight excluding hydrogens is 390 g/mol. The molecule has 0 aliphatic rings. The van der Waals surface area contributed by atoms with Crippen molar-refractivity contribution in [3.63, 3.8) is 0 Å². The first-order chi connectivity index (χ1) is 7.63. The predicted octanol–water partition coefficient (Wildman–Crippen LogP) is 4.27. The third kappa shape index (κ3) is 2.06. The van der Waals surface area contributed by atoms with Crippen molar-refractivity contribution in [1.82, 2.24) is 0 Å². The fourth-order valence-corrected chi connectivity index (χ4v) is 2.32. The highest BCUT2D eigenvalue weighted by atomic mass is 127. The van der Waals surface area contributed by atoms with E-state index in [1.807, 2.05) is 22.6 Å². The average molecular weight is 395 g/mol. The summed E-state index contributed by atoms with van der Waals surface area (Å²) in [5.74, 6) is 0.147. The van der Waals surface area contributed by atoms with Gasteiger partial charge in [0.15, 0.2) is 12.0 Å². The van der Waals surface area contributed by atoms with E-state index in [9.17, 15) is 9.18 Å². The van der Waals surface area contributed by atoms with Gasteiger partial charge in [-0.3, -0.25) is 4.79 Å². The van der Waals surface area contributed by atoms with E-state index < -0.39 is 5.82 Å². The Morgan fingerprint density at radius 2 is 2.06 bits per heavy atom. The van der Waals surface area contributed by atoms with E-state index in [-0.39, 0.29) is 5.76 Å². The SMILES string of the molecule is O=Cc1ccc(-c2c(I)ccc(Br)c2F)o1. The highest BCUT2D eigenvalue weighted by Crippen LogP contribution is 2.33. The fraction of sp³-hybridized carbons (Fsp3) is 0. The van der Waals surface area contributed by atoms with Crippen LogP contribution in [-0.2, 0) is 0 Å². The molecular formula is C11H5BrFIO2. The highest BCUT2D eigenvalue weighted by molar-refractivity contribution is 14.1. The Morgan fingerprint density at radius 3 is 2.69 bits per heavy atom. The summed E-state index contributed by atoms with van der Waals surface area (Å²) in [5, 5.41) is 0. The lowest BCUT2D eigenvalue weighted by Crippen LogP contribution is -1.88. The third-order valence-corrected chi connectivity index (χ3v) is 3.54. The van der Waals surface area contributed by atoms with Crippen LogP contribution < -0.4 is 0 Å². The lowest BCUT2D eigenvalue weighted by atomic mass is 10.1. The van der Waals surface area contributed by atoms with Crippen molar-refractivity contribution in [2.75, 3.05) is 0 Å². The van der Waals surface area contributed by atoms with Gasteiger partial charge in [0.05, 0.1) is 10.0 Å². The van der Waals surface area contributed by atoms with Crippen LogP contribution in [0.15, 0.2) is 33.2 Å². The maximum atomic E-state index is 13.9. The molecule has 2 rings (SSSR count). The average Bonchev–Trinajstić information content (AvgIpc) is 2.73. The van der Waals surface area contributed by atoms with Crippen molar-refractivity contribution in [1.29, 1.82) is 0 Å². The second-order valence-corrected chi connectivity index (χ2v) is 5.05. The molecule has 0 spiro atoms. The molecule has 16 heavy (non-hydrogen) atoms. The number of rotatable bonds is 2. The van der Waals surface area contributed by atoms with Gasteiger partial charge < -0.3 is 4.42 Å². The zero-order valence-corrected chi connectivity index (χ0v) is 11.6. The van der Waals surface area contributed by atoms with Gasteiger partial charge in [0.25, 0.3) is 0 Å². The Labute approximate surface area is 113 Å². The molecule has 2 nitrogen and oxygen atoms in total. The molecule has 0 N–H and O–H groups in total. The van der Waals surface area contributed by atoms with E-state index in [0.717, 1.165) is 3.57 Å². The topological polar surface area (TPSA) is 30.2 Å². The van der Waals surface area contributed by atoms with Gasteiger partial charge >= 0.3 is 0 Å². The maximum absolute atomic E-state index is 13.9. The second kappa shape index (κ2) is 4.67. The number of hydrogen-bond donors (Lipinski definition) is 0. The van der Waals surface area contributed by atoms with Crippen LogP contribution in [0.5, 0.6) is 0 Å². The summed E-state index contributed by atoms with van der Waals surface area (Å²) in [5.41, 5.74) is 0.364. The Balaban J connectivity index is 2.63. The summed E-state index contributed by atoms with van der Waals surface area (Å²) < 4.78 is 20.2. The van der Waals surface area contributed by atoms with E-state index in [0.29, 0.717) is 22.1 Å². The molecule has 0 saturated heterocycles. The van der Waals surface area contributed by atoms with Crippen LogP contribution in [-0.4, -0.2) is 6.29 Å². The minimum Gasteiger partial charge on any atom is -0.453 e. The van der Waals surface area contributed by atoms with Crippen molar-refractivity contribution in [3.8, 4) is 11.3 Å². The Kier molecular flexibility index (Phi) is 3.44. The molecule has 0 fully saturated rings. The zero-order valence-electron chi connectivity index (χ0n) is 7.84. The first-order valence-electron chi connectivity index (χ1n) is 4.32. The molecule has 5 heteroatoms. The molecule has 0 radical (unpaired) electrons. The van der Waals surface area contributed by atoms with Gasteiger partial charge in [-0.2, -0.15) is 0 Å². The first kappa shape index (κ1) is 11.8. The standard InChI is InChI=1S/C11H5BrFIO2/c12-7-2-3-8(14)10(11(7)13)9-4-1-6(5-15)16-9/h1-5H. The maximum Gasteiger partial charge on any atom is 0.185 e. The fourth-order valence-electron chi connectivity index (χ4n) is 1.30. The normalized spacial score (nSPS) is 10.4. The molecule has 1 aromatic carbocycles. The monoisotopic (exact) mass is 394 g/mol. The van der Waals surface area contributed by atoms with Gasteiger partial charge in [-0.05, 0) is 62.8 Å². The minimum atomic E-state index is -0.390. The van der Waals surface area contributed by atoms with Crippen molar-refractivity contribution in [2.24, 2.45) is 0 Å². The molecule has 0 amide bonds. The summed E-state index contributed by atoms with van der Waals surface area (Å²) in [6.45, 7) is 0. The summed E-state index contributed by atoms with van der Waals surface area (Å²) in [6.07, 6.45) is 0.590. The molecule has 0 aliphatic heterocycles. The molecule has 0 aliphatic carbocycles. The number of halogens is 3. The summed E-state index contributed by atoms with van der Waals surface area (Å²) in [7, 11) is 0. The van der Waals surface area contributed by atoms with Crippen LogP contribution in [0.4, 0.5) is 4.39 Å². The number of carbonyl (C=O) groups is 1. The number of hydrogen-bond acceptors (Lipinski definition) is 2. The number of benzene rings is 1. The molecule has 0 atom stereocenters. The second-order valence-electron chi connectivity index (χ2n) is 3.04. The van der Waals surface area contributed by atoms with Crippen molar-refractivity contribution >= 4 is 44.8 Å². The largest absolute Gasteiger partial charge is 0.453 e.